The van der Waals surface area contributed by atoms with Crippen LogP contribution >= 0.6 is 11.3 Å². The minimum Gasteiger partial charge on any atom is -0.469 e. The van der Waals surface area contributed by atoms with Gasteiger partial charge in [-0.2, -0.15) is 0 Å². The zero-order valence-electron chi connectivity index (χ0n) is 12.1. The molecule has 0 saturated carbocycles. The average molecular weight is 290 g/mol. The van der Waals surface area contributed by atoms with Crippen LogP contribution in [0.25, 0.3) is 0 Å². The summed E-state index contributed by atoms with van der Waals surface area (Å²) in [4.78, 5) is 17.8. The molecular weight excluding hydrogens is 272 g/mol. The van der Waals surface area contributed by atoms with Crippen molar-refractivity contribution in [3.05, 3.63) is 40.4 Å². The van der Waals surface area contributed by atoms with E-state index in [-0.39, 0.29) is 12.4 Å². The van der Waals surface area contributed by atoms with Crippen molar-refractivity contribution in [3.63, 3.8) is 0 Å². The van der Waals surface area contributed by atoms with E-state index in [1.54, 1.807) is 0 Å². The standard InChI is InChI=1S/C15H18N2O2S/c1-10-5-6-13(11(2)7-10)17(3)15-16-12(9-20-15)8-14(18)19-4/h5-7,9H,8H2,1-4H3. The summed E-state index contributed by atoms with van der Waals surface area (Å²) < 4.78 is 4.65. The van der Waals surface area contributed by atoms with Crippen LogP contribution in [-0.2, 0) is 16.0 Å². The fourth-order valence-electron chi connectivity index (χ4n) is 2.04. The Kier molecular flexibility index (Phi) is 4.39. The van der Waals surface area contributed by atoms with Crippen molar-refractivity contribution < 1.29 is 9.53 Å². The first-order valence-electron chi connectivity index (χ1n) is 6.33. The lowest BCUT2D eigenvalue weighted by Gasteiger charge is -2.18. The van der Waals surface area contributed by atoms with E-state index >= 15 is 0 Å². The maximum atomic E-state index is 11.3. The molecule has 0 bridgehead atoms. The molecule has 106 valence electrons. The molecular formula is C15H18N2O2S. The lowest BCUT2D eigenvalue weighted by molar-refractivity contribution is -0.139. The maximum absolute atomic E-state index is 11.3. The van der Waals surface area contributed by atoms with Crippen molar-refractivity contribution in [2.45, 2.75) is 20.3 Å². The first-order valence-corrected chi connectivity index (χ1v) is 7.21. The smallest absolute Gasteiger partial charge is 0.311 e. The summed E-state index contributed by atoms with van der Waals surface area (Å²) in [5.74, 6) is -0.268. The van der Waals surface area contributed by atoms with Crippen molar-refractivity contribution in [3.8, 4) is 0 Å². The van der Waals surface area contributed by atoms with Crippen molar-refractivity contribution in [2.75, 3.05) is 19.1 Å². The van der Waals surface area contributed by atoms with Crippen LogP contribution in [0.2, 0.25) is 0 Å². The van der Waals surface area contributed by atoms with Gasteiger partial charge in [-0.05, 0) is 25.5 Å². The summed E-state index contributed by atoms with van der Waals surface area (Å²) in [5.41, 5.74) is 4.31. The Labute approximate surface area is 123 Å². The molecule has 0 aliphatic rings. The van der Waals surface area contributed by atoms with Gasteiger partial charge in [0.2, 0.25) is 0 Å². The molecule has 0 spiro atoms. The van der Waals surface area contributed by atoms with Crippen LogP contribution in [0.15, 0.2) is 23.6 Å². The SMILES string of the molecule is COC(=O)Cc1csc(N(C)c2ccc(C)cc2C)n1. The molecule has 2 aromatic rings. The van der Waals surface area contributed by atoms with Crippen LogP contribution in [0.4, 0.5) is 10.8 Å². The van der Waals surface area contributed by atoms with E-state index in [0.29, 0.717) is 0 Å². The maximum Gasteiger partial charge on any atom is 0.311 e. The highest BCUT2D eigenvalue weighted by Gasteiger charge is 2.13. The molecule has 5 heteroatoms. The number of carbonyl (C=O) groups is 1. The molecule has 0 atom stereocenters. The zero-order valence-corrected chi connectivity index (χ0v) is 13.0. The van der Waals surface area contributed by atoms with Gasteiger partial charge in [-0.1, -0.05) is 17.7 Å². The molecule has 2 rings (SSSR count). The Hall–Kier alpha value is -1.88. The highest BCUT2D eigenvalue weighted by molar-refractivity contribution is 7.13. The average Bonchev–Trinajstić information content (AvgIpc) is 2.86. The predicted octanol–water partition coefficient (Wildman–Crippen LogP) is 3.24. The fraction of sp³-hybridized carbons (Fsp3) is 0.333. The third kappa shape index (κ3) is 3.17. The van der Waals surface area contributed by atoms with Crippen LogP contribution in [0.3, 0.4) is 0 Å². The number of thiazole rings is 1. The second-order valence-electron chi connectivity index (χ2n) is 4.72. The Balaban J connectivity index is 2.21. The van der Waals surface area contributed by atoms with E-state index in [1.165, 1.54) is 29.6 Å². The number of hydrogen-bond donors (Lipinski definition) is 0. The number of ether oxygens (including phenoxy) is 1. The highest BCUT2D eigenvalue weighted by atomic mass is 32.1. The number of methoxy groups -OCH3 is 1. The molecule has 1 aromatic carbocycles. The second-order valence-corrected chi connectivity index (χ2v) is 5.56. The van der Waals surface area contributed by atoms with Gasteiger partial charge in [-0.3, -0.25) is 4.79 Å². The Morgan fingerprint density at radius 2 is 2.15 bits per heavy atom. The molecule has 0 amide bonds. The van der Waals surface area contributed by atoms with Gasteiger partial charge in [-0.15, -0.1) is 11.3 Å². The number of esters is 1. The van der Waals surface area contributed by atoms with Crippen LogP contribution in [0.5, 0.6) is 0 Å². The summed E-state index contributed by atoms with van der Waals surface area (Å²) in [7, 11) is 3.37. The lowest BCUT2D eigenvalue weighted by atomic mass is 10.1. The number of carbonyl (C=O) groups excluding carboxylic acids is 1. The molecule has 0 radical (unpaired) electrons. The Morgan fingerprint density at radius 1 is 1.40 bits per heavy atom. The van der Waals surface area contributed by atoms with Crippen LogP contribution in [-0.4, -0.2) is 25.1 Å². The molecule has 0 aliphatic heterocycles. The normalized spacial score (nSPS) is 10.4. The zero-order chi connectivity index (χ0) is 14.7. The quantitative estimate of drug-likeness (QED) is 0.811. The number of benzene rings is 1. The van der Waals surface area contributed by atoms with Gasteiger partial charge in [-0.25, -0.2) is 4.98 Å². The fourth-order valence-corrected chi connectivity index (χ4v) is 2.84. The van der Waals surface area contributed by atoms with Crippen LogP contribution in [0.1, 0.15) is 16.8 Å². The summed E-state index contributed by atoms with van der Waals surface area (Å²) >= 11 is 1.52. The molecule has 0 N–H and O–H groups in total. The van der Waals surface area contributed by atoms with E-state index in [2.05, 4.69) is 41.8 Å². The number of anilines is 2. The topological polar surface area (TPSA) is 42.4 Å². The van der Waals surface area contributed by atoms with Crippen molar-refractivity contribution in [1.29, 1.82) is 0 Å². The number of aryl methyl sites for hydroxylation is 2. The van der Waals surface area contributed by atoms with Gasteiger partial charge in [0.1, 0.15) is 0 Å². The largest absolute Gasteiger partial charge is 0.469 e. The van der Waals surface area contributed by atoms with E-state index in [0.717, 1.165) is 16.5 Å². The molecule has 1 heterocycles. The summed E-state index contributed by atoms with van der Waals surface area (Å²) in [5, 5.41) is 2.77. The molecule has 0 unspecified atom stereocenters. The number of nitrogens with zero attached hydrogens (tertiary/aromatic N) is 2. The second kappa shape index (κ2) is 6.05. The Bertz CT molecular complexity index is 622. The van der Waals surface area contributed by atoms with Gasteiger partial charge in [0.25, 0.3) is 0 Å². The van der Waals surface area contributed by atoms with Gasteiger partial charge in [0.05, 0.1) is 19.2 Å². The summed E-state index contributed by atoms with van der Waals surface area (Å²) in [6.45, 7) is 4.16. The molecule has 1 aromatic heterocycles. The lowest BCUT2D eigenvalue weighted by Crippen LogP contribution is -2.11. The first kappa shape index (κ1) is 14.5. The first-order chi connectivity index (χ1) is 9.51. The predicted molar refractivity (Wildman–Crippen MR) is 81.8 cm³/mol. The van der Waals surface area contributed by atoms with E-state index in [1.807, 2.05) is 17.3 Å². The number of rotatable bonds is 4. The molecule has 4 nitrogen and oxygen atoms in total. The third-order valence-electron chi connectivity index (χ3n) is 3.09. The van der Waals surface area contributed by atoms with Crippen molar-refractivity contribution in [1.82, 2.24) is 4.98 Å². The van der Waals surface area contributed by atoms with Crippen LogP contribution in [0, 0.1) is 13.8 Å². The summed E-state index contributed by atoms with van der Waals surface area (Å²) in [6, 6.07) is 6.32. The van der Waals surface area contributed by atoms with E-state index < -0.39 is 0 Å². The van der Waals surface area contributed by atoms with Gasteiger partial charge >= 0.3 is 5.97 Å². The van der Waals surface area contributed by atoms with Gasteiger partial charge in [0.15, 0.2) is 5.13 Å². The number of aromatic nitrogens is 1. The molecule has 0 fully saturated rings. The van der Waals surface area contributed by atoms with E-state index in [9.17, 15) is 4.79 Å². The van der Waals surface area contributed by atoms with Crippen LogP contribution < -0.4 is 4.90 Å². The van der Waals surface area contributed by atoms with Crippen molar-refractivity contribution >= 4 is 28.1 Å². The molecule has 20 heavy (non-hydrogen) atoms. The van der Waals surface area contributed by atoms with E-state index in [4.69, 9.17) is 0 Å². The monoisotopic (exact) mass is 290 g/mol. The minimum absolute atomic E-state index is 0.216. The van der Waals surface area contributed by atoms with Crippen molar-refractivity contribution in [2.24, 2.45) is 0 Å². The number of hydrogen-bond acceptors (Lipinski definition) is 5. The molecule has 0 aliphatic carbocycles. The molecule has 0 saturated heterocycles. The minimum atomic E-state index is -0.268. The van der Waals surface area contributed by atoms with Gasteiger partial charge < -0.3 is 9.64 Å². The Morgan fingerprint density at radius 3 is 2.80 bits per heavy atom. The summed E-state index contributed by atoms with van der Waals surface area (Å²) in [6.07, 6.45) is 0.216. The van der Waals surface area contributed by atoms with Gasteiger partial charge in [0, 0.05) is 18.1 Å². The third-order valence-corrected chi connectivity index (χ3v) is 4.06. The highest BCUT2D eigenvalue weighted by Crippen LogP contribution is 2.29.